The Morgan fingerprint density at radius 1 is 0.679 bits per heavy atom. The van der Waals surface area contributed by atoms with Gasteiger partial charge in [-0.25, -0.2) is 0 Å². The number of ketones is 2. The molecule has 148 valence electrons. The molecule has 8 N–H and O–H groups in total. The molecular formula is C20H22N2O6. The van der Waals surface area contributed by atoms with Crippen molar-refractivity contribution in [3.8, 4) is 23.0 Å². The highest BCUT2D eigenvalue weighted by Crippen LogP contribution is 2.40. The molecule has 0 unspecified atom stereocenters. The van der Waals surface area contributed by atoms with Crippen LogP contribution in [0.5, 0.6) is 23.0 Å². The standard InChI is InChI=1S/C20H22N2O6/c21-19(17(27)11-3-5-13(23)15(25)9-11)7-1-2-8-20(19,22)18(28)12-4-6-14(24)16(26)10-12/h3-6,9-10,23-26H,1-2,7-8,21-22H2/t19-,20-/m0/s1. The Hall–Kier alpha value is -3.10. The van der Waals surface area contributed by atoms with Crippen molar-refractivity contribution in [2.45, 2.75) is 36.8 Å². The van der Waals surface area contributed by atoms with Gasteiger partial charge in [0.25, 0.3) is 0 Å². The predicted molar refractivity (Wildman–Crippen MR) is 101 cm³/mol. The largest absolute Gasteiger partial charge is 0.504 e. The van der Waals surface area contributed by atoms with Crippen molar-refractivity contribution in [3.63, 3.8) is 0 Å². The zero-order chi connectivity index (χ0) is 20.7. The van der Waals surface area contributed by atoms with Crippen molar-refractivity contribution in [1.29, 1.82) is 0 Å². The molecule has 0 amide bonds. The van der Waals surface area contributed by atoms with E-state index in [4.69, 9.17) is 11.5 Å². The van der Waals surface area contributed by atoms with Crippen LogP contribution in [-0.4, -0.2) is 43.1 Å². The maximum atomic E-state index is 13.2. The summed E-state index contributed by atoms with van der Waals surface area (Å²) in [6, 6.07) is 7.09. The first kappa shape index (κ1) is 19.7. The summed E-state index contributed by atoms with van der Waals surface area (Å²) in [5, 5.41) is 38.4. The minimum absolute atomic E-state index is 0.0240. The molecule has 3 rings (SSSR count). The second-order valence-electron chi connectivity index (χ2n) is 7.22. The fourth-order valence-corrected chi connectivity index (χ4v) is 3.73. The highest BCUT2D eigenvalue weighted by Gasteiger charge is 2.57. The predicted octanol–water partition coefficient (Wildman–Crippen LogP) is 1.54. The van der Waals surface area contributed by atoms with E-state index >= 15 is 0 Å². The Bertz CT molecular complexity index is 882. The zero-order valence-corrected chi connectivity index (χ0v) is 15.1. The minimum Gasteiger partial charge on any atom is -0.504 e. The van der Waals surface area contributed by atoms with Gasteiger partial charge < -0.3 is 31.9 Å². The van der Waals surface area contributed by atoms with Crippen molar-refractivity contribution in [1.82, 2.24) is 0 Å². The molecule has 1 aliphatic rings. The van der Waals surface area contributed by atoms with E-state index in [1.54, 1.807) is 0 Å². The normalized spacial score (nSPS) is 24.6. The zero-order valence-electron chi connectivity index (χ0n) is 15.1. The Balaban J connectivity index is 2.06. The molecule has 0 spiro atoms. The molecule has 0 bridgehead atoms. The van der Waals surface area contributed by atoms with Gasteiger partial charge in [0.15, 0.2) is 34.6 Å². The lowest BCUT2D eigenvalue weighted by molar-refractivity contribution is 0.0586. The average molecular weight is 386 g/mol. The molecule has 0 heterocycles. The Morgan fingerprint density at radius 3 is 1.36 bits per heavy atom. The number of phenols is 4. The van der Waals surface area contributed by atoms with Gasteiger partial charge in [-0.15, -0.1) is 0 Å². The summed E-state index contributed by atoms with van der Waals surface area (Å²) >= 11 is 0. The molecule has 0 saturated heterocycles. The lowest BCUT2D eigenvalue weighted by atomic mass is 9.62. The summed E-state index contributed by atoms with van der Waals surface area (Å²) in [5.74, 6) is -2.99. The van der Waals surface area contributed by atoms with Crippen LogP contribution in [0.2, 0.25) is 0 Å². The van der Waals surface area contributed by atoms with Gasteiger partial charge in [-0.3, -0.25) is 9.59 Å². The lowest BCUT2D eigenvalue weighted by Gasteiger charge is -2.47. The van der Waals surface area contributed by atoms with Crippen LogP contribution in [0, 0.1) is 0 Å². The SMILES string of the molecule is N[C@]1(C(=O)c2ccc(O)c(O)c2)CCCC[C@]1(N)C(=O)c1ccc(O)c(O)c1. The van der Waals surface area contributed by atoms with E-state index in [1.165, 1.54) is 12.1 Å². The van der Waals surface area contributed by atoms with Crippen molar-refractivity contribution in [2.24, 2.45) is 11.5 Å². The summed E-state index contributed by atoms with van der Waals surface area (Å²) in [5.41, 5.74) is 9.46. The molecular weight excluding hydrogens is 364 g/mol. The number of nitrogens with two attached hydrogens (primary N) is 2. The second-order valence-corrected chi connectivity index (χ2v) is 7.22. The van der Waals surface area contributed by atoms with Crippen LogP contribution in [0.25, 0.3) is 0 Å². The minimum atomic E-state index is -1.75. The first-order chi connectivity index (χ1) is 13.1. The Kier molecular flexibility index (Phi) is 4.78. The van der Waals surface area contributed by atoms with Gasteiger partial charge in [0.1, 0.15) is 11.1 Å². The van der Waals surface area contributed by atoms with E-state index in [-0.39, 0.29) is 35.5 Å². The van der Waals surface area contributed by atoms with Gasteiger partial charge in [-0.1, -0.05) is 12.8 Å². The van der Waals surface area contributed by atoms with E-state index in [1.807, 2.05) is 0 Å². The first-order valence-electron chi connectivity index (χ1n) is 8.81. The van der Waals surface area contributed by atoms with E-state index in [0.717, 1.165) is 24.3 Å². The van der Waals surface area contributed by atoms with Crippen LogP contribution in [0.4, 0.5) is 0 Å². The fraction of sp³-hybridized carbons (Fsp3) is 0.300. The number of rotatable bonds is 4. The van der Waals surface area contributed by atoms with Crippen LogP contribution in [0.1, 0.15) is 46.4 Å². The summed E-state index contributed by atoms with van der Waals surface area (Å²) < 4.78 is 0. The second kappa shape index (κ2) is 6.81. The summed E-state index contributed by atoms with van der Waals surface area (Å²) in [6.07, 6.45) is 1.47. The topological polar surface area (TPSA) is 167 Å². The van der Waals surface area contributed by atoms with Crippen LogP contribution in [-0.2, 0) is 0 Å². The number of Topliss-reactive ketones (excluding diaryl/α,β-unsaturated/α-hetero) is 2. The maximum absolute atomic E-state index is 13.2. The molecule has 2 atom stereocenters. The summed E-state index contributed by atoms with van der Waals surface area (Å²) in [6.45, 7) is 0. The molecule has 0 aliphatic heterocycles. The Morgan fingerprint density at radius 2 is 1.04 bits per heavy atom. The van der Waals surface area contributed by atoms with Crippen molar-refractivity contribution in [3.05, 3.63) is 47.5 Å². The quantitative estimate of drug-likeness (QED) is 0.340. The molecule has 2 aromatic rings. The molecule has 2 aromatic carbocycles. The first-order valence-corrected chi connectivity index (χ1v) is 8.81. The number of hydrogen-bond donors (Lipinski definition) is 6. The van der Waals surface area contributed by atoms with E-state index in [2.05, 4.69) is 0 Å². The van der Waals surface area contributed by atoms with Crippen molar-refractivity contribution < 1.29 is 30.0 Å². The molecule has 8 heteroatoms. The molecule has 1 saturated carbocycles. The molecule has 0 aromatic heterocycles. The number of phenolic OH excluding ortho intramolecular Hbond substituents is 4. The van der Waals surface area contributed by atoms with Crippen molar-refractivity contribution in [2.75, 3.05) is 0 Å². The van der Waals surface area contributed by atoms with E-state index in [9.17, 15) is 30.0 Å². The summed E-state index contributed by atoms with van der Waals surface area (Å²) in [4.78, 5) is 26.4. The van der Waals surface area contributed by atoms with Crippen LogP contribution >= 0.6 is 0 Å². The number of carbonyl (C=O) groups is 2. The highest BCUT2D eigenvalue weighted by atomic mass is 16.3. The molecule has 1 fully saturated rings. The Labute approximate surface area is 161 Å². The number of carbonyl (C=O) groups excluding carboxylic acids is 2. The fourth-order valence-electron chi connectivity index (χ4n) is 3.73. The van der Waals surface area contributed by atoms with Gasteiger partial charge in [-0.2, -0.15) is 0 Å². The number of benzene rings is 2. The lowest BCUT2D eigenvalue weighted by Crippen LogP contribution is -2.74. The average Bonchev–Trinajstić information content (AvgIpc) is 2.67. The van der Waals surface area contributed by atoms with Crippen LogP contribution in [0.15, 0.2) is 36.4 Å². The van der Waals surface area contributed by atoms with Gasteiger partial charge in [0.2, 0.25) is 0 Å². The van der Waals surface area contributed by atoms with Crippen molar-refractivity contribution >= 4 is 11.6 Å². The highest BCUT2D eigenvalue weighted by molar-refractivity contribution is 6.13. The van der Waals surface area contributed by atoms with E-state index < -0.39 is 34.1 Å². The molecule has 28 heavy (non-hydrogen) atoms. The van der Waals surface area contributed by atoms with Gasteiger partial charge in [-0.05, 0) is 49.2 Å². The molecule has 8 nitrogen and oxygen atoms in total. The van der Waals surface area contributed by atoms with Crippen LogP contribution in [0.3, 0.4) is 0 Å². The number of aromatic hydroxyl groups is 4. The smallest absolute Gasteiger partial charge is 0.185 e. The van der Waals surface area contributed by atoms with Gasteiger partial charge in [0, 0.05) is 11.1 Å². The summed E-state index contributed by atoms with van der Waals surface area (Å²) in [7, 11) is 0. The third-order valence-corrected chi connectivity index (χ3v) is 5.47. The molecule has 0 radical (unpaired) electrons. The monoisotopic (exact) mass is 386 g/mol. The van der Waals surface area contributed by atoms with Gasteiger partial charge in [0.05, 0.1) is 0 Å². The third kappa shape index (κ3) is 2.96. The maximum Gasteiger partial charge on any atom is 0.185 e. The van der Waals surface area contributed by atoms with Gasteiger partial charge >= 0.3 is 0 Å². The van der Waals surface area contributed by atoms with E-state index in [0.29, 0.717) is 12.8 Å². The number of hydrogen-bond acceptors (Lipinski definition) is 8. The van der Waals surface area contributed by atoms with Crippen LogP contribution < -0.4 is 11.5 Å². The third-order valence-electron chi connectivity index (χ3n) is 5.47. The molecule has 1 aliphatic carbocycles.